The van der Waals surface area contributed by atoms with E-state index in [0.717, 1.165) is 11.4 Å². The lowest BCUT2D eigenvalue weighted by Gasteiger charge is -2.08. The van der Waals surface area contributed by atoms with Gasteiger partial charge in [0, 0.05) is 17.8 Å². The SMILES string of the molecule is Cc1ccc(NCc2cccc(O)c2O)cn1. The monoisotopic (exact) mass is 230 g/mol. The fraction of sp³-hybridized carbons (Fsp3) is 0.154. The van der Waals surface area contributed by atoms with Crippen molar-refractivity contribution in [2.75, 3.05) is 5.32 Å². The number of hydrogen-bond donors (Lipinski definition) is 3. The molecule has 88 valence electrons. The number of phenolic OH excluding ortho intramolecular Hbond substituents is 2. The summed E-state index contributed by atoms with van der Waals surface area (Å²) in [7, 11) is 0. The summed E-state index contributed by atoms with van der Waals surface area (Å²) in [5.41, 5.74) is 2.47. The van der Waals surface area contributed by atoms with E-state index in [9.17, 15) is 10.2 Å². The Hall–Kier alpha value is -2.23. The van der Waals surface area contributed by atoms with Gasteiger partial charge in [-0.05, 0) is 25.1 Å². The molecule has 1 aromatic carbocycles. The predicted octanol–water partition coefficient (Wildman–Crippen LogP) is 2.41. The van der Waals surface area contributed by atoms with Crippen molar-refractivity contribution in [3.05, 3.63) is 47.8 Å². The first-order valence-electron chi connectivity index (χ1n) is 5.33. The van der Waals surface area contributed by atoms with Crippen LogP contribution in [0, 0.1) is 6.92 Å². The number of anilines is 1. The quantitative estimate of drug-likeness (QED) is 0.708. The third-order valence-electron chi connectivity index (χ3n) is 2.49. The van der Waals surface area contributed by atoms with Gasteiger partial charge >= 0.3 is 0 Å². The summed E-state index contributed by atoms with van der Waals surface area (Å²) in [4.78, 5) is 4.16. The van der Waals surface area contributed by atoms with E-state index in [-0.39, 0.29) is 11.5 Å². The van der Waals surface area contributed by atoms with Crippen LogP contribution in [0.2, 0.25) is 0 Å². The van der Waals surface area contributed by atoms with Crippen LogP contribution in [0.1, 0.15) is 11.3 Å². The fourth-order valence-electron chi connectivity index (χ4n) is 1.49. The molecule has 0 aliphatic carbocycles. The Balaban J connectivity index is 2.07. The lowest BCUT2D eigenvalue weighted by atomic mass is 10.2. The van der Waals surface area contributed by atoms with Gasteiger partial charge in [0.1, 0.15) is 0 Å². The number of hydrogen-bond acceptors (Lipinski definition) is 4. The smallest absolute Gasteiger partial charge is 0.162 e. The lowest BCUT2D eigenvalue weighted by molar-refractivity contribution is 0.400. The van der Waals surface area contributed by atoms with E-state index in [2.05, 4.69) is 10.3 Å². The molecule has 0 atom stereocenters. The van der Waals surface area contributed by atoms with Crippen molar-refractivity contribution >= 4 is 5.69 Å². The highest BCUT2D eigenvalue weighted by molar-refractivity contribution is 5.47. The lowest BCUT2D eigenvalue weighted by Crippen LogP contribution is -2.00. The normalized spacial score (nSPS) is 10.2. The Bertz CT molecular complexity index is 509. The van der Waals surface area contributed by atoms with Gasteiger partial charge in [-0.15, -0.1) is 0 Å². The van der Waals surface area contributed by atoms with Crippen molar-refractivity contribution in [1.29, 1.82) is 0 Å². The molecule has 0 unspecified atom stereocenters. The van der Waals surface area contributed by atoms with Crippen LogP contribution in [0.4, 0.5) is 5.69 Å². The van der Waals surface area contributed by atoms with E-state index < -0.39 is 0 Å². The molecule has 1 heterocycles. The molecule has 4 heteroatoms. The van der Waals surface area contributed by atoms with Gasteiger partial charge in [0.25, 0.3) is 0 Å². The molecule has 0 fully saturated rings. The minimum Gasteiger partial charge on any atom is -0.504 e. The van der Waals surface area contributed by atoms with E-state index in [0.29, 0.717) is 12.1 Å². The Morgan fingerprint density at radius 1 is 1.18 bits per heavy atom. The molecule has 0 spiro atoms. The molecular weight excluding hydrogens is 216 g/mol. The number of para-hydroxylation sites is 1. The summed E-state index contributed by atoms with van der Waals surface area (Å²) in [5.74, 6) is -0.189. The highest BCUT2D eigenvalue weighted by Crippen LogP contribution is 2.28. The first-order chi connectivity index (χ1) is 8.16. The Morgan fingerprint density at radius 2 is 2.00 bits per heavy atom. The van der Waals surface area contributed by atoms with Crippen molar-refractivity contribution in [1.82, 2.24) is 4.98 Å². The van der Waals surface area contributed by atoms with E-state index in [1.165, 1.54) is 6.07 Å². The zero-order valence-corrected chi connectivity index (χ0v) is 9.51. The molecule has 3 N–H and O–H groups in total. The summed E-state index contributed by atoms with van der Waals surface area (Å²) < 4.78 is 0. The molecule has 2 rings (SSSR count). The third kappa shape index (κ3) is 2.66. The number of aryl methyl sites for hydroxylation is 1. The molecule has 4 nitrogen and oxygen atoms in total. The van der Waals surface area contributed by atoms with E-state index in [4.69, 9.17) is 0 Å². The zero-order chi connectivity index (χ0) is 12.3. The number of benzene rings is 1. The number of aromatic nitrogens is 1. The number of phenols is 2. The van der Waals surface area contributed by atoms with Crippen LogP contribution in [0.25, 0.3) is 0 Å². The third-order valence-corrected chi connectivity index (χ3v) is 2.49. The fourth-order valence-corrected chi connectivity index (χ4v) is 1.49. The minimum absolute atomic E-state index is 0.0833. The Kier molecular flexibility index (Phi) is 3.14. The standard InChI is InChI=1S/C13H14N2O2/c1-9-5-6-11(8-14-9)15-7-10-3-2-4-12(16)13(10)17/h2-6,8,15-17H,7H2,1H3. The van der Waals surface area contributed by atoms with Gasteiger partial charge < -0.3 is 15.5 Å². The second kappa shape index (κ2) is 4.74. The minimum atomic E-state index is -0.105. The van der Waals surface area contributed by atoms with Gasteiger partial charge in [0.2, 0.25) is 0 Å². The molecule has 0 saturated heterocycles. The van der Waals surface area contributed by atoms with Crippen molar-refractivity contribution < 1.29 is 10.2 Å². The second-order valence-electron chi connectivity index (χ2n) is 3.83. The highest BCUT2D eigenvalue weighted by Gasteiger charge is 2.05. The zero-order valence-electron chi connectivity index (χ0n) is 9.51. The molecule has 0 aliphatic rings. The molecule has 0 saturated carbocycles. The summed E-state index contributed by atoms with van der Waals surface area (Å²) in [6, 6.07) is 8.72. The molecule has 0 aliphatic heterocycles. The molecule has 1 aromatic heterocycles. The van der Waals surface area contributed by atoms with Crippen LogP contribution in [0.5, 0.6) is 11.5 Å². The number of aromatic hydroxyl groups is 2. The van der Waals surface area contributed by atoms with Crippen LogP contribution < -0.4 is 5.32 Å². The van der Waals surface area contributed by atoms with Gasteiger partial charge in [-0.3, -0.25) is 4.98 Å². The van der Waals surface area contributed by atoms with Gasteiger partial charge in [0.15, 0.2) is 11.5 Å². The largest absolute Gasteiger partial charge is 0.504 e. The molecule has 2 aromatic rings. The summed E-state index contributed by atoms with van der Waals surface area (Å²) in [6.45, 7) is 2.36. The van der Waals surface area contributed by atoms with Crippen molar-refractivity contribution in [3.8, 4) is 11.5 Å². The maximum atomic E-state index is 9.61. The van der Waals surface area contributed by atoms with Crippen LogP contribution in [-0.2, 0) is 6.54 Å². The second-order valence-corrected chi connectivity index (χ2v) is 3.83. The summed E-state index contributed by atoms with van der Waals surface area (Å²) in [5, 5.41) is 22.1. The van der Waals surface area contributed by atoms with Crippen LogP contribution in [0.15, 0.2) is 36.5 Å². The average Bonchev–Trinajstić information content (AvgIpc) is 2.33. The van der Waals surface area contributed by atoms with E-state index in [1.807, 2.05) is 19.1 Å². The number of nitrogens with one attached hydrogen (secondary N) is 1. The predicted molar refractivity (Wildman–Crippen MR) is 66.1 cm³/mol. The Labute approximate surface area is 99.6 Å². The average molecular weight is 230 g/mol. The summed E-state index contributed by atoms with van der Waals surface area (Å²) >= 11 is 0. The van der Waals surface area contributed by atoms with E-state index >= 15 is 0 Å². The van der Waals surface area contributed by atoms with Crippen LogP contribution >= 0.6 is 0 Å². The van der Waals surface area contributed by atoms with Gasteiger partial charge in [-0.2, -0.15) is 0 Å². The van der Waals surface area contributed by atoms with Crippen molar-refractivity contribution in [3.63, 3.8) is 0 Å². The maximum absolute atomic E-state index is 9.61. The molecule has 0 amide bonds. The van der Waals surface area contributed by atoms with Crippen LogP contribution in [-0.4, -0.2) is 15.2 Å². The molecular formula is C13H14N2O2. The van der Waals surface area contributed by atoms with Crippen molar-refractivity contribution in [2.24, 2.45) is 0 Å². The first kappa shape index (κ1) is 11.3. The highest BCUT2D eigenvalue weighted by atomic mass is 16.3. The topological polar surface area (TPSA) is 65.4 Å². The van der Waals surface area contributed by atoms with Gasteiger partial charge in [0.05, 0.1) is 11.9 Å². The number of rotatable bonds is 3. The maximum Gasteiger partial charge on any atom is 0.162 e. The number of nitrogens with zero attached hydrogens (tertiary/aromatic N) is 1. The Morgan fingerprint density at radius 3 is 2.71 bits per heavy atom. The number of pyridine rings is 1. The van der Waals surface area contributed by atoms with Crippen LogP contribution in [0.3, 0.4) is 0 Å². The summed E-state index contributed by atoms with van der Waals surface area (Å²) in [6.07, 6.45) is 1.73. The molecule has 0 bridgehead atoms. The van der Waals surface area contributed by atoms with Crippen molar-refractivity contribution in [2.45, 2.75) is 13.5 Å². The first-order valence-corrected chi connectivity index (χ1v) is 5.33. The molecule has 0 radical (unpaired) electrons. The molecule has 17 heavy (non-hydrogen) atoms. The van der Waals surface area contributed by atoms with Gasteiger partial charge in [-0.25, -0.2) is 0 Å². The van der Waals surface area contributed by atoms with E-state index in [1.54, 1.807) is 18.3 Å². The van der Waals surface area contributed by atoms with Gasteiger partial charge in [-0.1, -0.05) is 12.1 Å².